The number of anilines is 1. The van der Waals surface area contributed by atoms with Gasteiger partial charge in [0.2, 0.25) is 11.7 Å². The molecule has 1 aliphatic rings. The number of phenolic OH excluding ortho intramolecular Hbond substituents is 1. The van der Waals surface area contributed by atoms with Gasteiger partial charge in [0.25, 0.3) is 0 Å². The molecular weight excluding hydrogens is 382 g/mol. The molecule has 0 bridgehead atoms. The Labute approximate surface area is 173 Å². The second-order valence-electron chi connectivity index (χ2n) is 7.39. The number of hydrogen-bond donors (Lipinski definition) is 1. The predicted octanol–water partition coefficient (Wildman–Crippen LogP) is 3.88. The lowest BCUT2D eigenvalue weighted by molar-refractivity contribution is -0.116. The van der Waals surface area contributed by atoms with Crippen LogP contribution in [0.3, 0.4) is 0 Å². The number of rotatable bonds is 4. The fourth-order valence-electron chi connectivity index (χ4n) is 3.79. The van der Waals surface area contributed by atoms with Crippen LogP contribution in [-0.4, -0.2) is 35.4 Å². The summed E-state index contributed by atoms with van der Waals surface area (Å²) in [6.45, 7) is 3.61. The number of ether oxygens (including phenoxy) is 1. The summed E-state index contributed by atoms with van der Waals surface area (Å²) in [5.41, 5.74) is 2.16. The number of benzene rings is 3. The highest BCUT2D eigenvalue weighted by Crippen LogP contribution is 2.30. The number of hydrogen-bond acceptors (Lipinski definition) is 5. The number of nitrogens with zero attached hydrogens (tertiary/aromatic N) is 1. The summed E-state index contributed by atoms with van der Waals surface area (Å²) in [6.07, 6.45) is -0.346. The van der Waals surface area contributed by atoms with Crippen molar-refractivity contribution in [3.63, 3.8) is 0 Å². The lowest BCUT2D eigenvalue weighted by Gasteiger charge is -2.16. The van der Waals surface area contributed by atoms with E-state index in [1.807, 2.05) is 24.3 Å². The van der Waals surface area contributed by atoms with Crippen LogP contribution in [0.2, 0.25) is 0 Å². The molecule has 3 aromatic rings. The highest BCUT2D eigenvalue weighted by molar-refractivity contribution is 6.04. The number of phenols is 1. The molecule has 6 heteroatoms. The van der Waals surface area contributed by atoms with Crippen molar-refractivity contribution < 1.29 is 24.2 Å². The topological polar surface area (TPSA) is 83.9 Å². The van der Waals surface area contributed by atoms with Gasteiger partial charge in [0.15, 0.2) is 6.10 Å². The van der Waals surface area contributed by atoms with E-state index >= 15 is 0 Å². The van der Waals surface area contributed by atoms with E-state index in [2.05, 4.69) is 0 Å². The monoisotopic (exact) mass is 403 g/mol. The number of Topliss-reactive ketones (excluding diaryl/α,β-unsaturated/α-hetero) is 1. The van der Waals surface area contributed by atoms with E-state index in [4.69, 9.17) is 4.74 Å². The molecule has 1 heterocycles. The Morgan fingerprint density at radius 1 is 1.03 bits per heavy atom. The first kappa shape index (κ1) is 19.6. The van der Waals surface area contributed by atoms with Crippen LogP contribution in [0.15, 0.2) is 54.6 Å². The van der Waals surface area contributed by atoms with Crippen molar-refractivity contribution in [2.75, 3.05) is 11.4 Å². The summed E-state index contributed by atoms with van der Waals surface area (Å²) in [7, 11) is 0. The molecule has 3 aromatic carbocycles. The van der Waals surface area contributed by atoms with E-state index in [9.17, 15) is 19.5 Å². The van der Waals surface area contributed by atoms with Gasteiger partial charge in [-0.15, -0.1) is 0 Å². The number of fused-ring (bicyclic) bond motifs is 2. The van der Waals surface area contributed by atoms with Crippen LogP contribution in [-0.2, 0) is 16.0 Å². The summed E-state index contributed by atoms with van der Waals surface area (Å²) in [5.74, 6) is -1.33. The third-order valence-electron chi connectivity index (χ3n) is 5.38. The normalized spacial score (nSPS) is 13.7. The standard InChI is InChI=1S/C24H21NO5/c1-14(23(28)19-7-8-21-18(11-19)9-10-25(21)15(2)26)30-24(29)20-12-16-5-3-4-6-17(16)13-22(20)27/h3-8,11-14,27H,9-10H2,1-2H3. The molecule has 0 fully saturated rings. The maximum atomic E-state index is 12.8. The van der Waals surface area contributed by atoms with Crippen molar-refractivity contribution in [2.24, 2.45) is 0 Å². The van der Waals surface area contributed by atoms with Crippen LogP contribution in [0.25, 0.3) is 10.8 Å². The largest absolute Gasteiger partial charge is 0.507 e. The number of ketones is 1. The van der Waals surface area contributed by atoms with Gasteiger partial charge in [0, 0.05) is 24.7 Å². The molecule has 4 rings (SSSR count). The molecule has 0 aromatic heterocycles. The molecule has 0 aliphatic carbocycles. The van der Waals surface area contributed by atoms with Crippen LogP contribution >= 0.6 is 0 Å². The van der Waals surface area contributed by atoms with Gasteiger partial charge in [0.05, 0.1) is 0 Å². The minimum atomic E-state index is -1.02. The van der Waals surface area contributed by atoms with Crippen molar-refractivity contribution in [3.8, 4) is 5.75 Å². The van der Waals surface area contributed by atoms with Gasteiger partial charge in [-0.05, 0) is 60.0 Å². The Bertz CT molecular complexity index is 1180. The predicted molar refractivity (Wildman–Crippen MR) is 113 cm³/mol. The molecular formula is C24H21NO5. The van der Waals surface area contributed by atoms with Crippen LogP contribution in [0.5, 0.6) is 5.75 Å². The average Bonchev–Trinajstić information content (AvgIpc) is 3.16. The zero-order valence-electron chi connectivity index (χ0n) is 16.7. The maximum Gasteiger partial charge on any atom is 0.342 e. The summed E-state index contributed by atoms with van der Waals surface area (Å²) in [4.78, 5) is 38.7. The zero-order chi connectivity index (χ0) is 21.4. The molecule has 1 atom stereocenters. The molecule has 0 saturated heterocycles. The first-order valence-corrected chi connectivity index (χ1v) is 9.73. The van der Waals surface area contributed by atoms with E-state index < -0.39 is 12.1 Å². The molecule has 1 unspecified atom stereocenters. The highest BCUT2D eigenvalue weighted by atomic mass is 16.5. The lowest BCUT2D eigenvalue weighted by atomic mass is 10.0. The van der Waals surface area contributed by atoms with E-state index in [1.54, 1.807) is 29.2 Å². The Balaban J connectivity index is 1.52. The lowest BCUT2D eigenvalue weighted by Crippen LogP contribution is -2.26. The molecule has 0 spiro atoms. The Morgan fingerprint density at radius 2 is 1.73 bits per heavy atom. The Hall–Kier alpha value is -3.67. The second-order valence-corrected chi connectivity index (χ2v) is 7.39. The van der Waals surface area contributed by atoms with Crippen LogP contribution in [0.1, 0.15) is 40.1 Å². The number of aromatic hydroxyl groups is 1. The fourth-order valence-corrected chi connectivity index (χ4v) is 3.79. The third-order valence-corrected chi connectivity index (χ3v) is 5.38. The maximum absolute atomic E-state index is 12.8. The first-order valence-electron chi connectivity index (χ1n) is 9.73. The molecule has 152 valence electrons. The molecule has 30 heavy (non-hydrogen) atoms. The van der Waals surface area contributed by atoms with Crippen molar-refractivity contribution in [2.45, 2.75) is 26.4 Å². The van der Waals surface area contributed by atoms with Crippen molar-refractivity contribution in [1.82, 2.24) is 0 Å². The van der Waals surface area contributed by atoms with Crippen LogP contribution in [0, 0.1) is 0 Å². The fraction of sp³-hybridized carbons (Fsp3) is 0.208. The van der Waals surface area contributed by atoms with Crippen molar-refractivity contribution >= 4 is 34.1 Å². The van der Waals surface area contributed by atoms with Gasteiger partial charge in [-0.25, -0.2) is 4.79 Å². The van der Waals surface area contributed by atoms with Crippen molar-refractivity contribution in [1.29, 1.82) is 0 Å². The van der Waals surface area contributed by atoms with Gasteiger partial charge in [-0.1, -0.05) is 24.3 Å². The summed E-state index contributed by atoms with van der Waals surface area (Å²) >= 11 is 0. The molecule has 1 N–H and O–H groups in total. The second kappa shape index (κ2) is 7.63. The Morgan fingerprint density at radius 3 is 2.43 bits per heavy atom. The number of carbonyl (C=O) groups excluding carboxylic acids is 3. The van der Waals surface area contributed by atoms with Gasteiger partial charge in [-0.2, -0.15) is 0 Å². The first-order chi connectivity index (χ1) is 14.3. The number of carbonyl (C=O) groups is 3. The summed E-state index contributed by atoms with van der Waals surface area (Å²) in [5, 5.41) is 11.8. The molecule has 1 amide bonds. The van der Waals surface area contributed by atoms with Gasteiger partial charge in [0.1, 0.15) is 11.3 Å². The molecule has 1 aliphatic heterocycles. The highest BCUT2D eigenvalue weighted by Gasteiger charge is 2.26. The van der Waals surface area contributed by atoms with E-state index in [0.29, 0.717) is 18.5 Å². The minimum absolute atomic E-state index is 0.0133. The quantitative estimate of drug-likeness (QED) is 0.528. The Kier molecular flexibility index (Phi) is 4.99. The molecule has 0 saturated carbocycles. The molecule has 0 radical (unpaired) electrons. The smallest absolute Gasteiger partial charge is 0.342 e. The zero-order valence-corrected chi connectivity index (χ0v) is 16.7. The summed E-state index contributed by atoms with van der Waals surface area (Å²) < 4.78 is 5.35. The van der Waals surface area contributed by atoms with Gasteiger partial charge in [-0.3, -0.25) is 9.59 Å². The average molecular weight is 403 g/mol. The van der Waals surface area contributed by atoms with Crippen molar-refractivity contribution in [3.05, 3.63) is 71.3 Å². The third kappa shape index (κ3) is 3.52. The number of amides is 1. The number of esters is 1. The molecule has 6 nitrogen and oxygen atoms in total. The van der Waals surface area contributed by atoms with E-state index in [1.165, 1.54) is 19.9 Å². The minimum Gasteiger partial charge on any atom is -0.507 e. The van der Waals surface area contributed by atoms with E-state index in [0.717, 1.165) is 22.0 Å². The van der Waals surface area contributed by atoms with Gasteiger partial charge >= 0.3 is 5.97 Å². The van der Waals surface area contributed by atoms with Gasteiger partial charge < -0.3 is 14.7 Å². The summed E-state index contributed by atoms with van der Waals surface area (Å²) in [6, 6.07) is 15.5. The van der Waals surface area contributed by atoms with Crippen LogP contribution < -0.4 is 4.90 Å². The van der Waals surface area contributed by atoms with E-state index in [-0.39, 0.29) is 23.0 Å². The SMILES string of the molecule is CC(=O)N1CCc2cc(C(=O)C(C)OC(=O)c3cc4ccccc4cc3O)ccc21. The van der Waals surface area contributed by atoms with Crippen LogP contribution in [0.4, 0.5) is 5.69 Å².